The van der Waals surface area contributed by atoms with Crippen LogP contribution in [0.4, 0.5) is 14.0 Å². The van der Waals surface area contributed by atoms with Gasteiger partial charge in [-0.15, -0.1) is 0 Å². The SMILES string of the molecule is CC(C)[C@@H](C(=O)N1CCC[C@@]1(C(N)=O)c1ccc(-c2cc(Br)c(-c3ccc([C@]4(C(N)=O)CCCN4C(=O)[C@H](C(C)C)N(C)C(=O)O)cc3)n2-c2ccc(F)cc2)cc1)N(C)C(=O)O. The molecule has 17 heteroatoms. The van der Waals surface area contributed by atoms with Crippen molar-refractivity contribution >= 4 is 51.7 Å². The van der Waals surface area contributed by atoms with Gasteiger partial charge in [0, 0.05) is 37.3 Å². The first-order valence-electron chi connectivity index (χ1n) is 20.7. The number of halogens is 2. The predicted molar refractivity (Wildman–Crippen MR) is 237 cm³/mol. The van der Waals surface area contributed by atoms with Gasteiger partial charge < -0.3 is 36.0 Å². The summed E-state index contributed by atoms with van der Waals surface area (Å²) in [5.74, 6) is -3.73. The fraction of sp³-hybridized carbons (Fsp3) is 0.391. The van der Waals surface area contributed by atoms with Crippen LogP contribution in [0.15, 0.2) is 83.3 Å². The van der Waals surface area contributed by atoms with Crippen molar-refractivity contribution in [3.63, 3.8) is 0 Å². The van der Waals surface area contributed by atoms with Gasteiger partial charge in [0.2, 0.25) is 23.6 Å². The Morgan fingerprint density at radius 2 is 1.06 bits per heavy atom. The second-order valence-corrected chi connectivity index (χ2v) is 17.8. The smallest absolute Gasteiger partial charge is 0.407 e. The molecule has 0 radical (unpaired) electrons. The lowest BCUT2D eigenvalue weighted by molar-refractivity contribution is -0.148. The van der Waals surface area contributed by atoms with Crippen molar-refractivity contribution in [3.8, 4) is 28.2 Å². The molecule has 0 saturated carbocycles. The van der Waals surface area contributed by atoms with E-state index < -0.39 is 76.6 Å². The number of amides is 6. The second-order valence-electron chi connectivity index (χ2n) is 17.0. The van der Waals surface area contributed by atoms with Crippen LogP contribution in [0, 0.1) is 17.7 Å². The van der Waals surface area contributed by atoms with E-state index in [1.807, 2.05) is 10.6 Å². The third kappa shape index (κ3) is 8.02. The minimum Gasteiger partial charge on any atom is -0.465 e. The standard InChI is InChI=1S/C46H53BrFN7O8/c1-26(2)36(51(5)43(60)61)39(56)53-23-7-21-45(53,41(49)58)30-13-9-28(10-14-30)35-25-34(47)38(55(35)33-19-17-32(48)18-20-33)29-11-15-31(16-12-29)46(42(50)59)22-8-24-54(46)40(57)37(27(3)4)52(6)44(62)63/h9-20,25-27,36-37H,7-8,21-24H2,1-6H3,(H2,49,58)(H2,50,59)(H,60,61)(H,62,63)/t36-,37-,45-,46-/m0/s1. The molecule has 0 bridgehead atoms. The first kappa shape index (κ1) is 46.3. The van der Waals surface area contributed by atoms with Gasteiger partial charge in [0.25, 0.3) is 0 Å². The molecule has 63 heavy (non-hydrogen) atoms. The number of likely N-dealkylation sites (tertiary alicyclic amines) is 2. The largest absolute Gasteiger partial charge is 0.465 e. The van der Waals surface area contributed by atoms with Crippen LogP contribution < -0.4 is 11.5 Å². The number of likely N-dealkylation sites (N-methyl/N-ethyl adjacent to an activating group) is 2. The van der Waals surface area contributed by atoms with Gasteiger partial charge in [-0.3, -0.25) is 29.0 Å². The number of carboxylic acid groups (broad SMARTS) is 2. The molecule has 6 rings (SSSR count). The second kappa shape index (κ2) is 17.9. The van der Waals surface area contributed by atoms with Crippen molar-refractivity contribution in [3.05, 3.63) is 100 Å². The molecule has 334 valence electrons. The molecule has 3 aromatic carbocycles. The number of carbonyl (C=O) groups excluding carboxylic acids is 4. The highest BCUT2D eigenvalue weighted by Crippen LogP contribution is 2.45. The predicted octanol–water partition coefficient (Wildman–Crippen LogP) is 6.59. The Balaban J connectivity index is 1.42. The van der Waals surface area contributed by atoms with E-state index in [9.17, 15) is 43.4 Å². The van der Waals surface area contributed by atoms with E-state index in [1.165, 1.54) is 36.0 Å². The number of carbonyl (C=O) groups is 6. The van der Waals surface area contributed by atoms with Gasteiger partial charge in [0.1, 0.15) is 29.0 Å². The summed E-state index contributed by atoms with van der Waals surface area (Å²) in [5, 5.41) is 19.5. The summed E-state index contributed by atoms with van der Waals surface area (Å²) in [4.78, 5) is 83.9. The topological polar surface area (TPSA) is 213 Å². The monoisotopic (exact) mass is 929 g/mol. The average Bonchev–Trinajstić information content (AvgIpc) is 3.98. The number of hydrogen-bond acceptors (Lipinski definition) is 6. The molecule has 6 amide bonds. The van der Waals surface area contributed by atoms with Crippen LogP contribution in [0.2, 0.25) is 0 Å². The minimum absolute atomic E-state index is 0.205. The molecule has 2 saturated heterocycles. The van der Waals surface area contributed by atoms with Crippen molar-refractivity contribution in [2.75, 3.05) is 27.2 Å². The number of nitrogens with zero attached hydrogens (tertiary/aromatic N) is 5. The fourth-order valence-corrected chi connectivity index (χ4v) is 10.2. The highest BCUT2D eigenvalue weighted by Gasteiger charge is 2.53. The molecule has 4 aromatic rings. The molecular formula is C46H53BrFN7O8. The number of rotatable bonds is 13. The summed E-state index contributed by atoms with van der Waals surface area (Å²) in [5.41, 5.74) is 13.4. The average molecular weight is 931 g/mol. The van der Waals surface area contributed by atoms with Gasteiger partial charge in [0.05, 0.1) is 11.4 Å². The van der Waals surface area contributed by atoms with Crippen LogP contribution in [-0.2, 0) is 30.3 Å². The molecule has 0 spiro atoms. The summed E-state index contributed by atoms with van der Waals surface area (Å²) >= 11 is 3.76. The Bertz CT molecular complexity index is 2420. The minimum atomic E-state index is -1.53. The Morgan fingerprint density at radius 3 is 1.43 bits per heavy atom. The van der Waals surface area contributed by atoms with E-state index in [-0.39, 0.29) is 25.9 Å². The summed E-state index contributed by atoms with van der Waals surface area (Å²) < 4.78 is 16.9. The quantitative estimate of drug-likeness (QED) is 0.115. The molecule has 0 unspecified atom stereocenters. The van der Waals surface area contributed by atoms with Crippen molar-refractivity contribution in [2.45, 2.75) is 76.5 Å². The van der Waals surface area contributed by atoms with Crippen LogP contribution in [0.3, 0.4) is 0 Å². The Kier molecular flexibility index (Phi) is 13.1. The number of hydrogen-bond donors (Lipinski definition) is 4. The maximum atomic E-state index is 14.4. The van der Waals surface area contributed by atoms with E-state index in [0.717, 1.165) is 9.80 Å². The third-order valence-corrected chi connectivity index (χ3v) is 13.3. The fourth-order valence-electron chi connectivity index (χ4n) is 9.62. The van der Waals surface area contributed by atoms with Gasteiger partial charge in [-0.1, -0.05) is 76.2 Å². The Morgan fingerprint density at radius 1 is 0.667 bits per heavy atom. The van der Waals surface area contributed by atoms with E-state index in [4.69, 9.17) is 11.5 Å². The number of nitrogens with two attached hydrogens (primary N) is 2. The zero-order chi connectivity index (χ0) is 46.3. The molecule has 2 fully saturated rings. The Hall–Kier alpha value is -6.23. The van der Waals surface area contributed by atoms with Gasteiger partial charge in [0.15, 0.2) is 0 Å². The molecular weight excluding hydrogens is 877 g/mol. The van der Waals surface area contributed by atoms with Gasteiger partial charge >= 0.3 is 12.2 Å². The van der Waals surface area contributed by atoms with Crippen molar-refractivity contribution in [1.29, 1.82) is 0 Å². The molecule has 2 aliphatic rings. The summed E-state index contributed by atoms with van der Waals surface area (Å²) in [6, 6.07) is 19.8. The molecule has 3 heterocycles. The molecule has 1 aromatic heterocycles. The van der Waals surface area contributed by atoms with Crippen LogP contribution in [-0.4, -0.2) is 109 Å². The summed E-state index contributed by atoms with van der Waals surface area (Å²) in [6.45, 7) is 7.38. The van der Waals surface area contributed by atoms with E-state index in [2.05, 4.69) is 15.9 Å². The number of benzene rings is 3. The lowest BCUT2D eigenvalue weighted by Gasteiger charge is -2.40. The van der Waals surface area contributed by atoms with Crippen LogP contribution in [0.5, 0.6) is 0 Å². The van der Waals surface area contributed by atoms with Crippen molar-refractivity contribution < 1.29 is 43.4 Å². The lowest BCUT2D eigenvalue weighted by atomic mass is 9.84. The molecule has 15 nitrogen and oxygen atoms in total. The van der Waals surface area contributed by atoms with E-state index >= 15 is 0 Å². The van der Waals surface area contributed by atoms with Crippen molar-refractivity contribution in [2.24, 2.45) is 23.3 Å². The molecule has 4 atom stereocenters. The van der Waals surface area contributed by atoms with Crippen LogP contribution in [0.25, 0.3) is 28.2 Å². The third-order valence-electron chi connectivity index (χ3n) is 12.6. The van der Waals surface area contributed by atoms with Crippen LogP contribution in [0.1, 0.15) is 64.5 Å². The van der Waals surface area contributed by atoms with E-state index in [1.54, 1.807) is 88.4 Å². The first-order valence-corrected chi connectivity index (χ1v) is 21.5. The maximum Gasteiger partial charge on any atom is 0.407 e. The number of primary amides is 2. The summed E-state index contributed by atoms with van der Waals surface area (Å²) in [6.07, 6.45) is -1.13. The lowest BCUT2D eigenvalue weighted by Crippen LogP contribution is -2.59. The summed E-state index contributed by atoms with van der Waals surface area (Å²) in [7, 11) is 2.66. The molecule has 0 aliphatic carbocycles. The molecule has 6 N–H and O–H groups in total. The molecule has 2 aliphatic heterocycles. The maximum absolute atomic E-state index is 14.4. The van der Waals surface area contributed by atoms with Gasteiger partial charge in [-0.25, -0.2) is 14.0 Å². The Labute approximate surface area is 373 Å². The van der Waals surface area contributed by atoms with Gasteiger partial charge in [-0.05, 0) is 106 Å². The van der Waals surface area contributed by atoms with Crippen LogP contribution >= 0.6 is 15.9 Å². The van der Waals surface area contributed by atoms with Crippen molar-refractivity contribution in [1.82, 2.24) is 24.2 Å². The highest BCUT2D eigenvalue weighted by molar-refractivity contribution is 9.10. The normalized spacial score (nSPS) is 19.6. The first-order chi connectivity index (χ1) is 29.7. The zero-order valence-corrected chi connectivity index (χ0v) is 37.6. The highest BCUT2D eigenvalue weighted by atomic mass is 79.9. The van der Waals surface area contributed by atoms with Gasteiger partial charge in [-0.2, -0.15) is 0 Å². The zero-order valence-electron chi connectivity index (χ0n) is 36.0. The van der Waals surface area contributed by atoms with E-state index in [0.29, 0.717) is 56.6 Å². The number of aromatic nitrogens is 1.